The van der Waals surface area contributed by atoms with Crippen LogP contribution < -0.4 is 16.0 Å². The second kappa shape index (κ2) is 9.04. The number of benzene rings is 2. The smallest absolute Gasteiger partial charge is 0.251 e. The molecule has 0 aliphatic carbocycles. The lowest BCUT2D eigenvalue weighted by Gasteiger charge is -2.13. The fourth-order valence-electron chi connectivity index (χ4n) is 2.47. The molecule has 1 unspecified atom stereocenters. The highest BCUT2D eigenvalue weighted by atomic mass is 16.2. The monoisotopic (exact) mass is 353 g/mol. The van der Waals surface area contributed by atoms with Gasteiger partial charge < -0.3 is 16.0 Å². The predicted octanol–water partition coefficient (Wildman–Crippen LogP) is 3.88. The molecule has 0 aliphatic rings. The molecule has 0 saturated heterocycles. The van der Waals surface area contributed by atoms with Crippen LogP contribution in [-0.4, -0.2) is 24.4 Å². The molecule has 0 bridgehead atoms. The second-order valence-corrected chi connectivity index (χ2v) is 6.51. The summed E-state index contributed by atoms with van der Waals surface area (Å²) in [7, 11) is 0. The largest absolute Gasteiger partial charge is 0.376 e. The van der Waals surface area contributed by atoms with Crippen LogP contribution in [0.15, 0.2) is 42.5 Å². The summed E-state index contributed by atoms with van der Waals surface area (Å²) >= 11 is 0. The number of carbonyl (C=O) groups excluding carboxylic acids is 2. The zero-order valence-electron chi connectivity index (χ0n) is 15.8. The van der Waals surface area contributed by atoms with E-state index in [1.807, 2.05) is 45.9 Å². The maximum atomic E-state index is 12.2. The van der Waals surface area contributed by atoms with Crippen LogP contribution in [0.2, 0.25) is 0 Å². The third-order valence-electron chi connectivity index (χ3n) is 4.44. The van der Waals surface area contributed by atoms with Crippen LogP contribution in [0.5, 0.6) is 0 Å². The summed E-state index contributed by atoms with van der Waals surface area (Å²) in [5, 5.41) is 8.90. The number of aryl methyl sites for hydroxylation is 1. The van der Waals surface area contributed by atoms with Crippen molar-refractivity contribution in [2.24, 2.45) is 0 Å². The first-order chi connectivity index (χ1) is 12.4. The Balaban J connectivity index is 1.95. The van der Waals surface area contributed by atoms with Crippen molar-refractivity contribution in [1.82, 2.24) is 5.32 Å². The summed E-state index contributed by atoms with van der Waals surface area (Å²) in [6.45, 7) is 8.20. The first-order valence-corrected chi connectivity index (χ1v) is 8.91. The van der Waals surface area contributed by atoms with E-state index in [1.54, 1.807) is 24.3 Å². The Morgan fingerprint density at radius 2 is 1.81 bits per heavy atom. The van der Waals surface area contributed by atoms with E-state index < -0.39 is 0 Å². The molecule has 0 aliphatic heterocycles. The van der Waals surface area contributed by atoms with Crippen molar-refractivity contribution in [2.45, 2.75) is 40.2 Å². The molecule has 3 N–H and O–H groups in total. The number of amides is 2. The molecule has 2 rings (SSSR count). The van der Waals surface area contributed by atoms with Gasteiger partial charge in [-0.3, -0.25) is 9.59 Å². The van der Waals surface area contributed by atoms with Crippen LogP contribution in [0.4, 0.5) is 11.4 Å². The lowest BCUT2D eigenvalue weighted by atomic mass is 10.1. The standard InChI is InChI=1S/C21H27N3O2/c1-5-15(3)23-21(26)17-9-7-10-18(12-17)24-20(25)13-22-19-11-6-8-14(2)16(19)4/h6-12,15,22H,5,13H2,1-4H3,(H,23,26)(H,24,25). The Morgan fingerprint density at radius 3 is 2.54 bits per heavy atom. The molecule has 0 radical (unpaired) electrons. The molecule has 5 nitrogen and oxygen atoms in total. The molecule has 26 heavy (non-hydrogen) atoms. The van der Waals surface area contributed by atoms with Gasteiger partial charge in [0.05, 0.1) is 6.54 Å². The summed E-state index contributed by atoms with van der Waals surface area (Å²) in [6.07, 6.45) is 0.867. The fourth-order valence-corrected chi connectivity index (χ4v) is 2.47. The van der Waals surface area contributed by atoms with Crippen LogP contribution >= 0.6 is 0 Å². The molecule has 0 saturated carbocycles. The number of anilines is 2. The maximum Gasteiger partial charge on any atom is 0.251 e. The fraction of sp³-hybridized carbons (Fsp3) is 0.333. The Morgan fingerprint density at radius 1 is 1.08 bits per heavy atom. The Hall–Kier alpha value is -2.82. The number of hydrogen-bond donors (Lipinski definition) is 3. The van der Waals surface area contributed by atoms with Gasteiger partial charge >= 0.3 is 0 Å². The van der Waals surface area contributed by atoms with Gasteiger partial charge in [-0.05, 0) is 62.6 Å². The van der Waals surface area contributed by atoms with Gasteiger partial charge in [0.2, 0.25) is 5.91 Å². The van der Waals surface area contributed by atoms with Gasteiger partial charge in [-0.15, -0.1) is 0 Å². The highest BCUT2D eigenvalue weighted by Gasteiger charge is 2.10. The zero-order chi connectivity index (χ0) is 19.1. The van der Waals surface area contributed by atoms with Crippen LogP contribution in [0, 0.1) is 13.8 Å². The van der Waals surface area contributed by atoms with Crippen LogP contribution in [0.1, 0.15) is 41.8 Å². The van der Waals surface area contributed by atoms with Gasteiger partial charge in [0, 0.05) is 23.0 Å². The number of rotatable bonds is 7. The van der Waals surface area contributed by atoms with Gasteiger partial charge in [-0.1, -0.05) is 25.1 Å². The first kappa shape index (κ1) is 19.5. The molecule has 0 aromatic heterocycles. The van der Waals surface area contributed by atoms with Crippen LogP contribution in [0.25, 0.3) is 0 Å². The molecule has 138 valence electrons. The van der Waals surface area contributed by atoms with Crippen molar-refractivity contribution in [3.63, 3.8) is 0 Å². The van der Waals surface area contributed by atoms with Crippen molar-refractivity contribution in [3.05, 3.63) is 59.2 Å². The third kappa shape index (κ3) is 5.34. The average molecular weight is 353 g/mol. The lowest BCUT2D eigenvalue weighted by molar-refractivity contribution is -0.114. The number of nitrogens with one attached hydrogen (secondary N) is 3. The number of carbonyl (C=O) groups is 2. The van der Waals surface area contributed by atoms with E-state index in [0.717, 1.165) is 17.7 Å². The van der Waals surface area contributed by atoms with E-state index in [4.69, 9.17) is 0 Å². The van der Waals surface area contributed by atoms with Gasteiger partial charge in [-0.2, -0.15) is 0 Å². The van der Waals surface area contributed by atoms with Crippen LogP contribution in [-0.2, 0) is 4.79 Å². The summed E-state index contributed by atoms with van der Waals surface area (Å²) in [4.78, 5) is 24.4. The van der Waals surface area contributed by atoms with E-state index in [-0.39, 0.29) is 24.4 Å². The lowest BCUT2D eigenvalue weighted by Crippen LogP contribution is -2.32. The van der Waals surface area contributed by atoms with E-state index in [9.17, 15) is 9.59 Å². The molecule has 2 aromatic rings. The summed E-state index contributed by atoms with van der Waals surface area (Å²) in [5.74, 6) is -0.297. The number of hydrogen-bond acceptors (Lipinski definition) is 3. The molecule has 2 amide bonds. The SMILES string of the molecule is CCC(C)NC(=O)c1cccc(NC(=O)CNc2cccc(C)c2C)c1. The topological polar surface area (TPSA) is 70.2 Å². The van der Waals surface area contributed by atoms with Crippen molar-refractivity contribution >= 4 is 23.2 Å². The maximum absolute atomic E-state index is 12.2. The van der Waals surface area contributed by atoms with Gasteiger partial charge in [0.25, 0.3) is 5.91 Å². The summed E-state index contributed by atoms with van der Waals surface area (Å²) in [6, 6.07) is 13.0. The Kier molecular flexibility index (Phi) is 6.78. The minimum atomic E-state index is -0.162. The van der Waals surface area contributed by atoms with Gasteiger partial charge in [0.15, 0.2) is 0 Å². The van der Waals surface area contributed by atoms with Crippen molar-refractivity contribution in [2.75, 3.05) is 17.2 Å². The zero-order valence-corrected chi connectivity index (χ0v) is 15.8. The third-order valence-corrected chi connectivity index (χ3v) is 4.44. The van der Waals surface area contributed by atoms with E-state index in [1.165, 1.54) is 5.56 Å². The van der Waals surface area contributed by atoms with Gasteiger partial charge in [0.1, 0.15) is 0 Å². The molecule has 0 heterocycles. The van der Waals surface area contributed by atoms with Crippen molar-refractivity contribution in [1.29, 1.82) is 0 Å². The minimum Gasteiger partial charge on any atom is -0.376 e. The highest BCUT2D eigenvalue weighted by molar-refractivity contribution is 5.98. The first-order valence-electron chi connectivity index (χ1n) is 8.91. The second-order valence-electron chi connectivity index (χ2n) is 6.51. The normalized spacial score (nSPS) is 11.5. The predicted molar refractivity (Wildman–Crippen MR) is 107 cm³/mol. The molecular weight excluding hydrogens is 326 g/mol. The van der Waals surface area contributed by atoms with Crippen molar-refractivity contribution < 1.29 is 9.59 Å². The molecule has 0 fully saturated rings. The quantitative estimate of drug-likeness (QED) is 0.707. The van der Waals surface area contributed by atoms with Gasteiger partial charge in [-0.25, -0.2) is 0 Å². The molecule has 5 heteroatoms. The van der Waals surface area contributed by atoms with Crippen LogP contribution in [0.3, 0.4) is 0 Å². The van der Waals surface area contributed by atoms with E-state index >= 15 is 0 Å². The molecule has 0 spiro atoms. The van der Waals surface area contributed by atoms with Crippen molar-refractivity contribution in [3.8, 4) is 0 Å². The molecule has 2 aromatic carbocycles. The average Bonchev–Trinajstić information content (AvgIpc) is 2.63. The van der Waals surface area contributed by atoms with E-state index in [2.05, 4.69) is 16.0 Å². The molecule has 1 atom stereocenters. The highest BCUT2D eigenvalue weighted by Crippen LogP contribution is 2.17. The summed E-state index contributed by atoms with van der Waals surface area (Å²) in [5.41, 5.74) is 4.39. The summed E-state index contributed by atoms with van der Waals surface area (Å²) < 4.78 is 0. The molecular formula is C21H27N3O2. The Labute approximate surface area is 155 Å². The minimum absolute atomic E-state index is 0.113. The van der Waals surface area contributed by atoms with E-state index in [0.29, 0.717) is 11.3 Å². The Bertz CT molecular complexity index is 787.